The van der Waals surface area contributed by atoms with Gasteiger partial charge in [0.1, 0.15) is 11.0 Å². The Morgan fingerprint density at radius 3 is 2.67 bits per heavy atom. The van der Waals surface area contributed by atoms with Crippen LogP contribution in [0.3, 0.4) is 0 Å². The van der Waals surface area contributed by atoms with Gasteiger partial charge in [-0.2, -0.15) is 0 Å². The van der Waals surface area contributed by atoms with Crippen molar-refractivity contribution in [2.45, 2.75) is 51.6 Å². The Morgan fingerprint density at radius 2 is 1.94 bits per heavy atom. The molecule has 0 bridgehead atoms. The first-order valence-corrected chi connectivity index (χ1v) is 12.3. The number of carboxylic acids is 1. The SMILES string of the molecule is Cc1cc([C@@H](C)Nc2ccc(Cl)nc2C(=O)O)c2nc3n(c(=O)c2c1)CC[C@]3(C)Cc1ccccc1. The molecule has 0 unspecified atom stereocenters. The monoisotopic (exact) mass is 502 g/mol. The summed E-state index contributed by atoms with van der Waals surface area (Å²) in [4.78, 5) is 34.4. The van der Waals surface area contributed by atoms with Crippen LogP contribution in [-0.2, 0) is 18.4 Å². The molecule has 0 spiro atoms. The van der Waals surface area contributed by atoms with Crippen molar-refractivity contribution in [3.63, 3.8) is 0 Å². The summed E-state index contributed by atoms with van der Waals surface area (Å²) in [6.07, 6.45) is 1.63. The summed E-state index contributed by atoms with van der Waals surface area (Å²) < 4.78 is 1.82. The molecule has 7 nitrogen and oxygen atoms in total. The van der Waals surface area contributed by atoms with Crippen molar-refractivity contribution < 1.29 is 9.90 Å². The fraction of sp³-hybridized carbons (Fsp3) is 0.286. The topological polar surface area (TPSA) is 97.1 Å². The molecule has 0 saturated carbocycles. The average molecular weight is 503 g/mol. The second-order valence-electron chi connectivity index (χ2n) is 9.82. The van der Waals surface area contributed by atoms with Gasteiger partial charge in [0.05, 0.1) is 22.6 Å². The minimum atomic E-state index is -1.17. The number of aryl methyl sites for hydroxylation is 1. The molecule has 1 aliphatic rings. The summed E-state index contributed by atoms with van der Waals surface area (Å²) in [5.74, 6) is -0.382. The Bertz CT molecular complexity index is 1550. The van der Waals surface area contributed by atoms with E-state index in [0.29, 0.717) is 23.1 Å². The molecule has 3 heterocycles. The van der Waals surface area contributed by atoms with E-state index in [4.69, 9.17) is 16.6 Å². The van der Waals surface area contributed by atoms with Gasteiger partial charge < -0.3 is 10.4 Å². The van der Waals surface area contributed by atoms with Gasteiger partial charge in [-0.1, -0.05) is 54.9 Å². The standard InChI is InChI=1S/C28H27ClN4O3/c1-16-13-19(17(2)30-21-9-10-22(29)31-24(21)26(35)36)23-20(14-16)25(34)33-12-11-28(3,27(33)32-23)15-18-7-5-4-6-8-18/h4-10,13-14,17,30H,11-12,15H2,1-3H3,(H,35,36)/t17-,28-/m1/s1. The fourth-order valence-corrected chi connectivity index (χ4v) is 5.36. The molecule has 5 rings (SSSR count). The lowest BCUT2D eigenvalue weighted by atomic mass is 9.81. The molecular weight excluding hydrogens is 476 g/mol. The predicted molar refractivity (Wildman–Crippen MR) is 141 cm³/mol. The van der Waals surface area contributed by atoms with Gasteiger partial charge in [-0.3, -0.25) is 9.36 Å². The quantitative estimate of drug-likeness (QED) is 0.336. The Morgan fingerprint density at radius 1 is 1.19 bits per heavy atom. The molecule has 36 heavy (non-hydrogen) atoms. The summed E-state index contributed by atoms with van der Waals surface area (Å²) in [7, 11) is 0. The number of pyridine rings is 1. The maximum absolute atomic E-state index is 13.6. The van der Waals surface area contributed by atoms with Gasteiger partial charge in [-0.15, -0.1) is 0 Å². The molecule has 8 heteroatoms. The van der Waals surface area contributed by atoms with E-state index in [9.17, 15) is 14.7 Å². The lowest BCUT2D eigenvalue weighted by Gasteiger charge is -2.25. The summed E-state index contributed by atoms with van der Waals surface area (Å²) in [6, 6.07) is 16.9. The van der Waals surface area contributed by atoms with Gasteiger partial charge in [0.25, 0.3) is 5.56 Å². The zero-order valence-corrected chi connectivity index (χ0v) is 21.1. The van der Waals surface area contributed by atoms with E-state index < -0.39 is 5.97 Å². The number of aromatic nitrogens is 3. The number of rotatable bonds is 6. The molecule has 2 N–H and O–H groups in total. The van der Waals surface area contributed by atoms with Gasteiger partial charge in [-0.05, 0) is 56.0 Å². The third kappa shape index (κ3) is 4.24. The van der Waals surface area contributed by atoms with Crippen LogP contribution in [0.15, 0.2) is 59.4 Å². The van der Waals surface area contributed by atoms with Crippen molar-refractivity contribution in [1.82, 2.24) is 14.5 Å². The number of carbonyl (C=O) groups is 1. The third-order valence-electron chi connectivity index (χ3n) is 7.00. The van der Waals surface area contributed by atoms with E-state index in [1.807, 2.05) is 48.7 Å². The maximum atomic E-state index is 13.6. The predicted octanol–water partition coefficient (Wildman–Crippen LogP) is 5.53. The molecule has 0 radical (unpaired) electrons. The summed E-state index contributed by atoms with van der Waals surface area (Å²) in [6.45, 7) is 6.67. The van der Waals surface area contributed by atoms with Crippen LogP contribution < -0.4 is 10.9 Å². The number of hydrogen-bond acceptors (Lipinski definition) is 5. The van der Waals surface area contributed by atoms with Crippen LogP contribution in [0.5, 0.6) is 0 Å². The van der Waals surface area contributed by atoms with Crippen LogP contribution in [0.25, 0.3) is 10.9 Å². The zero-order valence-electron chi connectivity index (χ0n) is 20.4. The van der Waals surface area contributed by atoms with Gasteiger partial charge in [0, 0.05) is 17.5 Å². The van der Waals surface area contributed by atoms with Crippen molar-refractivity contribution >= 4 is 34.2 Å². The number of nitrogens with zero attached hydrogens (tertiary/aromatic N) is 3. The van der Waals surface area contributed by atoms with Gasteiger partial charge >= 0.3 is 5.97 Å². The lowest BCUT2D eigenvalue weighted by molar-refractivity contribution is 0.0691. The zero-order chi connectivity index (χ0) is 25.6. The number of carboxylic acid groups (broad SMARTS) is 1. The lowest BCUT2D eigenvalue weighted by Crippen LogP contribution is -2.28. The molecule has 0 aliphatic carbocycles. The number of hydrogen-bond donors (Lipinski definition) is 2. The average Bonchev–Trinajstić information content (AvgIpc) is 3.17. The largest absolute Gasteiger partial charge is 0.476 e. The first-order chi connectivity index (χ1) is 17.2. The van der Waals surface area contributed by atoms with Crippen LogP contribution in [0.2, 0.25) is 5.15 Å². The van der Waals surface area contributed by atoms with Gasteiger partial charge in [0.2, 0.25) is 0 Å². The highest BCUT2D eigenvalue weighted by Crippen LogP contribution is 2.37. The highest BCUT2D eigenvalue weighted by Gasteiger charge is 2.38. The van der Waals surface area contributed by atoms with Crippen LogP contribution in [0.4, 0.5) is 5.69 Å². The Balaban J connectivity index is 1.61. The van der Waals surface area contributed by atoms with E-state index >= 15 is 0 Å². The number of fused-ring (bicyclic) bond motifs is 2. The maximum Gasteiger partial charge on any atom is 0.356 e. The molecule has 0 amide bonds. The van der Waals surface area contributed by atoms with E-state index in [-0.39, 0.29) is 27.9 Å². The molecule has 4 aromatic rings. The van der Waals surface area contributed by atoms with Crippen molar-refractivity contribution in [3.05, 3.63) is 98.3 Å². The van der Waals surface area contributed by atoms with E-state index in [2.05, 4.69) is 29.4 Å². The number of halogens is 1. The molecule has 2 atom stereocenters. The summed E-state index contributed by atoms with van der Waals surface area (Å²) >= 11 is 5.92. The van der Waals surface area contributed by atoms with Crippen LogP contribution in [-0.4, -0.2) is 25.6 Å². The molecule has 184 valence electrons. The summed E-state index contributed by atoms with van der Waals surface area (Å²) in [5, 5.41) is 13.5. The van der Waals surface area contributed by atoms with Gasteiger partial charge in [0.15, 0.2) is 5.69 Å². The summed E-state index contributed by atoms with van der Waals surface area (Å²) in [5.41, 5.74) is 3.48. The van der Waals surface area contributed by atoms with Crippen molar-refractivity contribution in [2.75, 3.05) is 5.32 Å². The van der Waals surface area contributed by atoms with Crippen molar-refractivity contribution in [1.29, 1.82) is 0 Å². The van der Waals surface area contributed by atoms with E-state index in [0.717, 1.165) is 29.8 Å². The second-order valence-corrected chi connectivity index (χ2v) is 10.2. The second kappa shape index (κ2) is 9.06. The van der Waals surface area contributed by atoms with Crippen molar-refractivity contribution in [3.8, 4) is 0 Å². The smallest absolute Gasteiger partial charge is 0.356 e. The highest BCUT2D eigenvalue weighted by molar-refractivity contribution is 6.29. The molecular formula is C28H27ClN4O3. The Labute approximate surface area is 213 Å². The first kappa shape index (κ1) is 24.0. The van der Waals surface area contributed by atoms with Crippen molar-refractivity contribution in [2.24, 2.45) is 0 Å². The van der Waals surface area contributed by atoms with Crippen LogP contribution >= 0.6 is 11.6 Å². The van der Waals surface area contributed by atoms with E-state index in [1.165, 1.54) is 5.56 Å². The minimum absolute atomic E-state index is 0.0386. The Hall–Kier alpha value is -3.71. The number of benzene rings is 2. The number of anilines is 1. The van der Waals surface area contributed by atoms with E-state index in [1.54, 1.807) is 12.1 Å². The number of aromatic carboxylic acids is 1. The fourth-order valence-electron chi connectivity index (χ4n) is 5.21. The van der Waals surface area contributed by atoms with Crippen LogP contribution in [0.1, 0.15) is 59.3 Å². The molecule has 0 fully saturated rings. The van der Waals surface area contributed by atoms with Gasteiger partial charge in [-0.25, -0.2) is 14.8 Å². The molecule has 0 saturated heterocycles. The minimum Gasteiger partial charge on any atom is -0.476 e. The third-order valence-corrected chi connectivity index (χ3v) is 7.21. The number of nitrogens with one attached hydrogen (secondary N) is 1. The normalized spacial score (nSPS) is 17.7. The van der Waals surface area contributed by atoms with Crippen LogP contribution in [0, 0.1) is 6.92 Å². The molecule has 2 aromatic heterocycles. The molecule has 2 aromatic carbocycles. The first-order valence-electron chi connectivity index (χ1n) is 11.9. The Kier molecular flexibility index (Phi) is 6.04. The highest BCUT2D eigenvalue weighted by atomic mass is 35.5. The molecule has 1 aliphatic heterocycles.